The zero-order valence-electron chi connectivity index (χ0n) is 34.3. The summed E-state index contributed by atoms with van der Waals surface area (Å²) in [4.78, 5) is 10.5. The summed E-state index contributed by atoms with van der Waals surface area (Å²) in [6.07, 6.45) is 0.883. The summed E-state index contributed by atoms with van der Waals surface area (Å²) in [5.41, 5.74) is 19.0. The van der Waals surface area contributed by atoms with Gasteiger partial charge in [-0.2, -0.15) is 0 Å². The van der Waals surface area contributed by atoms with Crippen LogP contribution < -0.4 is 0 Å². The van der Waals surface area contributed by atoms with E-state index in [0.717, 1.165) is 45.8 Å². The van der Waals surface area contributed by atoms with Crippen LogP contribution in [0.1, 0.15) is 11.1 Å². The van der Waals surface area contributed by atoms with Gasteiger partial charge in [0.2, 0.25) is 0 Å². The van der Waals surface area contributed by atoms with Crippen molar-refractivity contribution in [3.63, 3.8) is 0 Å². The Morgan fingerprint density at radius 2 is 0.825 bits per heavy atom. The summed E-state index contributed by atoms with van der Waals surface area (Å²) < 4.78 is 4.83. The second-order valence-corrected chi connectivity index (χ2v) is 16.5. The van der Waals surface area contributed by atoms with E-state index in [1.807, 2.05) is 24.3 Å². The fraction of sp³-hybridized carbons (Fsp3) is 0.0169. The van der Waals surface area contributed by atoms with Crippen molar-refractivity contribution in [2.75, 3.05) is 0 Å². The first-order valence-corrected chi connectivity index (χ1v) is 21.6. The smallest absolute Gasteiger partial charge is 0.162 e. The molecule has 0 unspecified atom stereocenters. The van der Waals surface area contributed by atoms with Crippen LogP contribution in [0.3, 0.4) is 0 Å². The molecule has 0 amide bonds. The largest absolute Gasteiger partial charge is 0.309 e. The molecule has 3 heterocycles. The van der Waals surface area contributed by atoms with Gasteiger partial charge in [-0.05, 0) is 87.3 Å². The van der Waals surface area contributed by atoms with Crippen molar-refractivity contribution in [1.29, 1.82) is 0 Å². The fourth-order valence-electron chi connectivity index (χ4n) is 10.3. The second kappa shape index (κ2) is 14.1. The third-order valence-corrected chi connectivity index (χ3v) is 13.0. The van der Waals surface area contributed by atoms with Crippen LogP contribution in [0.25, 0.3) is 111 Å². The van der Waals surface area contributed by atoms with Crippen molar-refractivity contribution in [2.45, 2.75) is 6.42 Å². The van der Waals surface area contributed by atoms with Crippen molar-refractivity contribution < 1.29 is 0 Å². The van der Waals surface area contributed by atoms with Crippen molar-refractivity contribution in [2.24, 2.45) is 0 Å². The first-order chi connectivity index (χ1) is 31.3. The number of para-hydroxylation sites is 2. The highest BCUT2D eigenvalue weighted by molar-refractivity contribution is 6.29. The van der Waals surface area contributed by atoms with Gasteiger partial charge in [-0.15, -0.1) is 0 Å². The summed E-state index contributed by atoms with van der Waals surface area (Å²) >= 11 is 0. The normalized spacial score (nSPS) is 12.1. The molecule has 294 valence electrons. The third kappa shape index (κ3) is 5.55. The topological polar surface area (TPSA) is 35.6 Å². The maximum atomic E-state index is 5.33. The molecular formula is C59H38N4. The lowest BCUT2D eigenvalue weighted by molar-refractivity contribution is 1.05. The van der Waals surface area contributed by atoms with Gasteiger partial charge in [0.25, 0.3) is 0 Å². The monoisotopic (exact) mass is 802 g/mol. The quantitative estimate of drug-likeness (QED) is 0.168. The Bertz CT molecular complexity index is 3680. The number of rotatable bonds is 6. The molecule has 0 saturated heterocycles. The van der Waals surface area contributed by atoms with Crippen molar-refractivity contribution >= 4 is 43.6 Å². The molecular weight excluding hydrogens is 765 g/mol. The van der Waals surface area contributed by atoms with Crippen LogP contribution in [0.4, 0.5) is 0 Å². The second-order valence-electron chi connectivity index (χ2n) is 16.5. The Morgan fingerprint density at radius 1 is 0.333 bits per heavy atom. The average Bonchev–Trinajstić information content (AvgIpc) is 4.02. The molecule has 0 atom stereocenters. The number of hydrogen-bond acceptors (Lipinski definition) is 2. The van der Waals surface area contributed by atoms with Crippen molar-refractivity contribution in [3.05, 3.63) is 230 Å². The summed E-state index contributed by atoms with van der Waals surface area (Å²) in [7, 11) is 0. The lowest BCUT2D eigenvalue weighted by Gasteiger charge is -2.16. The zero-order chi connectivity index (χ0) is 41.4. The molecule has 0 spiro atoms. The molecule has 0 aliphatic heterocycles. The van der Waals surface area contributed by atoms with Gasteiger partial charge >= 0.3 is 0 Å². The SMILES string of the molecule is c1ccc(-c2cc(-n3c4ccccc4c4c5c6ccccc6n(-c6cc(-c7ccccc7)c7c(c6)-c6cccc(-c8ccccc8)c6C7)c5ccc43)nc(-c3ccccc3)n2)cc1. The van der Waals surface area contributed by atoms with Crippen LogP contribution in [-0.4, -0.2) is 19.1 Å². The molecule has 3 aromatic heterocycles. The van der Waals surface area contributed by atoms with Crippen LogP contribution in [0.5, 0.6) is 0 Å². The Labute approximate surface area is 364 Å². The maximum absolute atomic E-state index is 5.33. The van der Waals surface area contributed by atoms with E-state index >= 15 is 0 Å². The van der Waals surface area contributed by atoms with E-state index in [2.05, 4.69) is 203 Å². The van der Waals surface area contributed by atoms with E-state index < -0.39 is 0 Å². The van der Waals surface area contributed by atoms with Gasteiger partial charge in [-0.1, -0.05) is 176 Å². The van der Waals surface area contributed by atoms with Crippen molar-refractivity contribution in [1.82, 2.24) is 19.1 Å². The molecule has 0 saturated carbocycles. The van der Waals surface area contributed by atoms with E-state index in [9.17, 15) is 0 Å². The number of nitrogens with zero attached hydrogens (tertiary/aromatic N) is 4. The lowest BCUT2D eigenvalue weighted by Crippen LogP contribution is -2.02. The highest BCUT2D eigenvalue weighted by atomic mass is 15.1. The minimum Gasteiger partial charge on any atom is -0.309 e. The van der Waals surface area contributed by atoms with Crippen LogP contribution in [0.2, 0.25) is 0 Å². The minimum absolute atomic E-state index is 0.693. The molecule has 63 heavy (non-hydrogen) atoms. The number of benzene rings is 9. The van der Waals surface area contributed by atoms with Crippen LogP contribution in [0.15, 0.2) is 218 Å². The van der Waals surface area contributed by atoms with Gasteiger partial charge in [0.15, 0.2) is 5.82 Å². The Hall–Kier alpha value is -8.34. The summed E-state index contributed by atoms with van der Waals surface area (Å²) in [6.45, 7) is 0. The van der Waals surface area contributed by atoms with Gasteiger partial charge in [-0.25, -0.2) is 9.97 Å². The van der Waals surface area contributed by atoms with Crippen molar-refractivity contribution in [3.8, 4) is 67.5 Å². The fourth-order valence-corrected chi connectivity index (χ4v) is 10.3. The minimum atomic E-state index is 0.693. The molecule has 12 aromatic rings. The van der Waals surface area contributed by atoms with Gasteiger partial charge in [0.05, 0.1) is 27.8 Å². The average molecular weight is 803 g/mol. The predicted molar refractivity (Wildman–Crippen MR) is 261 cm³/mol. The lowest BCUT2D eigenvalue weighted by atomic mass is 9.94. The van der Waals surface area contributed by atoms with E-state index in [4.69, 9.17) is 9.97 Å². The molecule has 1 aliphatic carbocycles. The zero-order valence-corrected chi connectivity index (χ0v) is 34.3. The number of hydrogen-bond donors (Lipinski definition) is 0. The molecule has 9 aromatic carbocycles. The van der Waals surface area contributed by atoms with Gasteiger partial charge < -0.3 is 4.57 Å². The Kier molecular flexibility index (Phi) is 7.94. The van der Waals surface area contributed by atoms with Crippen LogP contribution in [-0.2, 0) is 6.42 Å². The predicted octanol–water partition coefficient (Wildman–Crippen LogP) is 14.9. The molecule has 0 radical (unpaired) electrons. The third-order valence-electron chi connectivity index (χ3n) is 13.0. The van der Waals surface area contributed by atoms with Gasteiger partial charge in [-0.3, -0.25) is 4.57 Å². The molecule has 0 bridgehead atoms. The number of aromatic nitrogens is 4. The molecule has 0 N–H and O–H groups in total. The van der Waals surface area contributed by atoms with E-state index in [1.54, 1.807) is 0 Å². The van der Waals surface area contributed by atoms with Gasteiger partial charge in [0, 0.05) is 44.4 Å². The van der Waals surface area contributed by atoms with Crippen LogP contribution >= 0.6 is 0 Å². The van der Waals surface area contributed by atoms with Crippen LogP contribution in [0, 0.1) is 0 Å². The summed E-state index contributed by atoms with van der Waals surface area (Å²) in [5.74, 6) is 1.52. The standard InChI is InChI=1S/C59H38N4/c1-5-18-38(19-6-1)43-28-17-29-44-48-35-42(34-47(50(48)36-49(43)44)39-20-7-2-8-21-39)62-52-30-15-13-26-45(52)57-54(62)32-33-55-58(57)46-27-14-16-31-53(46)63(55)56-37-51(40-22-9-3-10-23-40)60-59(61-56)41-24-11-4-12-25-41/h1-35,37H,36H2. The highest BCUT2D eigenvalue weighted by Crippen LogP contribution is 2.48. The van der Waals surface area contributed by atoms with E-state index in [0.29, 0.717) is 5.82 Å². The molecule has 13 rings (SSSR count). The number of fused-ring (bicyclic) bond motifs is 10. The first kappa shape index (κ1) is 35.4. The van der Waals surface area contributed by atoms with E-state index in [1.165, 1.54) is 77.1 Å². The van der Waals surface area contributed by atoms with Gasteiger partial charge in [0.1, 0.15) is 5.82 Å². The molecule has 1 aliphatic rings. The summed E-state index contributed by atoms with van der Waals surface area (Å²) in [6, 6.07) is 78.6. The summed E-state index contributed by atoms with van der Waals surface area (Å²) in [5, 5.41) is 4.84. The highest BCUT2D eigenvalue weighted by Gasteiger charge is 2.28. The Morgan fingerprint density at radius 3 is 1.48 bits per heavy atom. The maximum Gasteiger partial charge on any atom is 0.162 e. The van der Waals surface area contributed by atoms with E-state index in [-0.39, 0.29) is 0 Å². The molecule has 4 heteroatoms. The Balaban J connectivity index is 1.09. The first-order valence-electron chi connectivity index (χ1n) is 21.6. The molecule has 4 nitrogen and oxygen atoms in total. The molecule has 0 fully saturated rings.